The summed E-state index contributed by atoms with van der Waals surface area (Å²) in [5.74, 6) is 0.551. The fraction of sp³-hybridized carbons (Fsp3) is 0.579. The molecule has 0 radical (unpaired) electrons. The second kappa shape index (κ2) is 6.86. The van der Waals surface area contributed by atoms with Crippen LogP contribution in [0.3, 0.4) is 0 Å². The quantitative estimate of drug-likeness (QED) is 0.801. The maximum Gasteiger partial charge on any atom is 0.0888 e. The number of ether oxygens (including phenoxy) is 2. The van der Waals surface area contributed by atoms with Gasteiger partial charge in [0.25, 0.3) is 0 Å². The topological polar surface area (TPSA) is 52.4 Å². The molecule has 6 heteroatoms. The Morgan fingerprint density at radius 2 is 2.32 bits per heavy atom. The average molecular weight is 342 g/mol. The number of aromatic nitrogens is 3. The standard InChI is InChI=1S/C19H26N4O2/c1-15-4-3-5-18(21-15)11-25-14-19-12-23(9-17(19)10-24-13-19)8-16-6-20-22(2)7-16/h3-7,17H,8-14H2,1-2H3/t17-,19+/m1/s1. The van der Waals surface area contributed by atoms with E-state index in [0.717, 1.165) is 50.8 Å². The Kier molecular flexibility index (Phi) is 4.58. The van der Waals surface area contributed by atoms with E-state index in [9.17, 15) is 0 Å². The maximum atomic E-state index is 6.08. The van der Waals surface area contributed by atoms with E-state index in [2.05, 4.69) is 21.2 Å². The van der Waals surface area contributed by atoms with Gasteiger partial charge in [0.2, 0.25) is 0 Å². The van der Waals surface area contributed by atoms with Gasteiger partial charge in [-0.3, -0.25) is 14.6 Å². The van der Waals surface area contributed by atoms with Gasteiger partial charge >= 0.3 is 0 Å². The Morgan fingerprint density at radius 3 is 3.12 bits per heavy atom. The Labute approximate surface area is 148 Å². The molecule has 4 rings (SSSR count). The summed E-state index contributed by atoms with van der Waals surface area (Å²) in [6.07, 6.45) is 4.05. The molecule has 0 amide bonds. The normalized spacial score (nSPS) is 26.2. The highest BCUT2D eigenvalue weighted by Crippen LogP contribution is 2.42. The second-order valence-corrected chi connectivity index (χ2v) is 7.53. The molecule has 2 aromatic heterocycles. The summed E-state index contributed by atoms with van der Waals surface area (Å²) in [6.45, 7) is 7.99. The molecule has 2 aliphatic heterocycles. The van der Waals surface area contributed by atoms with Crippen LogP contribution in [-0.2, 0) is 29.7 Å². The Balaban J connectivity index is 1.36. The maximum absolute atomic E-state index is 6.08. The lowest BCUT2D eigenvalue weighted by Crippen LogP contribution is -2.35. The molecule has 0 saturated carbocycles. The molecular weight excluding hydrogens is 316 g/mol. The highest BCUT2D eigenvalue weighted by molar-refractivity contribution is 5.09. The van der Waals surface area contributed by atoms with Crippen molar-refractivity contribution >= 4 is 0 Å². The zero-order chi connectivity index (χ0) is 17.3. The molecule has 0 aliphatic carbocycles. The van der Waals surface area contributed by atoms with Crippen LogP contribution in [0.25, 0.3) is 0 Å². The molecule has 25 heavy (non-hydrogen) atoms. The number of rotatable bonds is 6. The van der Waals surface area contributed by atoms with E-state index in [0.29, 0.717) is 12.5 Å². The van der Waals surface area contributed by atoms with E-state index >= 15 is 0 Å². The van der Waals surface area contributed by atoms with Gasteiger partial charge in [-0.05, 0) is 19.1 Å². The van der Waals surface area contributed by atoms with Gasteiger partial charge in [-0.15, -0.1) is 0 Å². The van der Waals surface area contributed by atoms with Crippen molar-refractivity contribution in [1.82, 2.24) is 19.7 Å². The number of likely N-dealkylation sites (tertiary alicyclic amines) is 1. The van der Waals surface area contributed by atoms with Crippen molar-refractivity contribution in [3.8, 4) is 0 Å². The molecule has 0 unspecified atom stereocenters. The summed E-state index contributed by atoms with van der Waals surface area (Å²) in [5.41, 5.74) is 3.41. The molecule has 4 heterocycles. The molecule has 2 aromatic rings. The van der Waals surface area contributed by atoms with Crippen molar-refractivity contribution in [3.63, 3.8) is 0 Å². The van der Waals surface area contributed by atoms with E-state index in [4.69, 9.17) is 9.47 Å². The minimum absolute atomic E-state index is 0.117. The lowest BCUT2D eigenvalue weighted by atomic mass is 9.82. The Hall–Kier alpha value is -1.76. The first kappa shape index (κ1) is 16.7. The molecule has 0 N–H and O–H groups in total. The molecule has 2 aliphatic rings. The summed E-state index contributed by atoms with van der Waals surface area (Å²) in [4.78, 5) is 7.03. The zero-order valence-electron chi connectivity index (χ0n) is 15.0. The van der Waals surface area contributed by atoms with Gasteiger partial charge in [-0.2, -0.15) is 5.10 Å². The number of fused-ring (bicyclic) bond motifs is 1. The Bertz CT molecular complexity index is 732. The van der Waals surface area contributed by atoms with Crippen LogP contribution in [0, 0.1) is 18.3 Å². The first-order valence-corrected chi connectivity index (χ1v) is 8.91. The second-order valence-electron chi connectivity index (χ2n) is 7.53. The van der Waals surface area contributed by atoms with Crippen molar-refractivity contribution in [2.24, 2.45) is 18.4 Å². The monoisotopic (exact) mass is 342 g/mol. The smallest absolute Gasteiger partial charge is 0.0888 e. The van der Waals surface area contributed by atoms with Gasteiger partial charge in [0.1, 0.15) is 0 Å². The Morgan fingerprint density at radius 1 is 1.40 bits per heavy atom. The lowest BCUT2D eigenvalue weighted by molar-refractivity contribution is 0.0171. The highest BCUT2D eigenvalue weighted by atomic mass is 16.5. The first-order valence-electron chi connectivity index (χ1n) is 8.91. The third-order valence-corrected chi connectivity index (χ3v) is 5.34. The van der Waals surface area contributed by atoms with Crippen molar-refractivity contribution in [2.45, 2.75) is 20.1 Å². The zero-order valence-corrected chi connectivity index (χ0v) is 15.0. The summed E-state index contributed by atoms with van der Waals surface area (Å²) >= 11 is 0. The predicted octanol–water partition coefficient (Wildman–Crippen LogP) is 1.79. The van der Waals surface area contributed by atoms with E-state index in [1.165, 1.54) is 5.56 Å². The van der Waals surface area contributed by atoms with Crippen LogP contribution in [0.4, 0.5) is 0 Å². The fourth-order valence-corrected chi connectivity index (χ4v) is 4.12. The number of pyridine rings is 1. The summed E-state index contributed by atoms with van der Waals surface area (Å²) in [5, 5.41) is 4.27. The average Bonchev–Trinajstić information content (AvgIpc) is 3.22. The fourth-order valence-electron chi connectivity index (χ4n) is 4.12. The molecule has 2 fully saturated rings. The number of nitrogens with zero attached hydrogens (tertiary/aromatic N) is 4. The molecule has 0 aromatic carbocycles. The number of aryl methyl sites for hydroxylation is 2. The highest BCUT2D eigenvalue weighted by Gasteiger charge is 2.50. The molecule has 2 atom stereocenters. The van der Waals surface area contributed by atoms with Crippen molar-refractivity contribution < 1.29 is 9.47 Å². The van der Waals surface area contributed by atoms with Crippen molar-refractivity contribution in [2.75, 3.05) is 32.9 Å². The molecule has 2 saturated heterocycles. The largest absolute Gasteiger partial charge is 0.380 e. The van der Waals surface area contributed by atoms with Gasteiger partial charge in [-0.1, -0.05) is 6.07 Å². The molecular formula is C19H26N4O2. The lowest BCUT2D eigenvalue weighted by Gasteiger charge is -2.27. The van der Waals surface area contributed by atoms with Gasteiger partial charge in [-0.25, -0.2) is 0 Å². The molecule has 0 spiro atoms. The van der Waals surface area contributed by atoms with Crippen molar-refractivity contribution in [3.05, 3.63) is 47.5 Å². The molecule has 6 nitrogen and oxygen atoms in total. The number of hydrogen-bond donors (Lipinski definition) is 0. The van der Waals surface area contributed by atoms with E-state index < -0.39 is 0 Å². The SMILES string of the molecule is Cc1cccc(COC[C@]23COC[C@H]2CN(Cc2cnn(C)c2)C3)n1. The van der Waals surface area contributed by atoms with E-state index in [1.807, 2.05) is 43.0 Å². The van der Waals surface area contributed by atoms with Crippen molar-refractivity contribution in [1.29, 1.82) is 0 Å². The van der Waals surface area contributed by atoms with Crippen LogP contribution >= 0.6 is 0 Å². The summed E-state index contributed by atoms with van der Waals surface area (Å²) in [6, 6.07) is 6.07. The van der Waals surface area contributed by atoms with Crippen LogP contribution < -0.4 is 0 Å². The van der Waals surface area contributed by atoms with Gasteiger partial charge in [0.05, 0.1) is 38.3 Å². The van der Waals surface area contributed by atoms with Crippen LogP contribution in [0.2, 0.25) is 0 Å². The summed E-state index contributed by atoms with van der Waals surface area (Å²) in [7, 11) is 1.96. The third kappa shape index (κ3) is 3.61. The number of hydrogen-bond acceptors (Lipinski definition) is 5. The minimum atomic E-state index is 0.117. The first-order chi connectivity index (χ1) is 12.1. The predicted molar refractivity (Wildman–Crippen MR) is 93.9 cm³/mol. The molecule has 134 valence electrons. The van der Waals surface area contributed by atoms with Gasteiger partial charge in [0.15, 0.2) is 0 Å². The van der Waals surface area contributed by atoms with E-state index in [1.54, 1.807) is 0 Å². The van der Waals surface area contributed by atoms with Crippen LogP contribution in [0.1, 0.15) is 17.0 Å². The van der Waals surface area contributed by atoms with Gasteiger partial charge in [0, 0.05) is 55.5 Å². The van der Waals surface area contributed by atoms with Crippen LogP contribution in [-0.4, -0.2) is 52.6 Å². The summed E-state index contributed by atoms with van der Waals surface area (Å²) < 4.78 is 13.7. The van der Waals surface area contributed by atoms with Gasteiger partial charge < -0.3 is 9.47 Å². The van der Waals surface area contributed by atoms with E-state index in [-0.39, 0.29) is 5.41 Å². The van der Waals surface area contributed by atoms with Crippen LogP contribution in [0.5, 0.6) is 0 Å². The van der Waals surface area contributed by atoms with Crippen LogP contribution in [0.15, 0.2) is 30.6 Å². The third-order valence-electron chi connectivity index (χ3n) is 5.34. The molecule has 0 bridgehead atoms. The minimum Gasteiger partial charge on any atom is -0.380 e.